The minimum atomic E-state index is -5.08. The molecule has 128 valence electrons. The Labute approximate surface area is 125 Å². The lowest BCUT2D eigenvalue weighted by atomic mass is 10.0. The number of nitrogens with one attached hydrogen (secondary N) is 1. The van der Waals surface area contributed by atoms with Crippen molar-refractivity contribution in [2.45, 2.75) is 39.4 Å². The first-order valence-electron chi connectivity index (χ1n) is 6.48. The summed E-state index contributed by atoms with van der Waals surface area (Å²) in [4.78, 5) is 33.6. The Kier molecular flexibility index (Phi) is 7.30. The van der Waals surface area contributed by atoms with Gasteiger partial charge in [0.1, 0.15) is 6.04 Å². The number of amides is 2. The number of carboxylic acid groups (broad SMARTS) is 1. The summed E-state index contributed by atoms with van der Waals surface area (Å²) in [7, 11) is 0. The van der Waals surface area contributed by atoms with Crippen molar-refractivity contribution < 1.29 is 37.9 Å². The van der Waals surface area contributed by atoms with Crippen LogP contribution >= 0.6 is 0 Å². The summed E-state index contributed by atoms with van der Waals surface area (Å²) in [6, 6.07) is -0.563. The van der Waals surface area contributed by atoms with Gasteiger partial charge in [0, 0.05) is 12.5 Å². The van der Waals surface area contributed by atoms with Crippen LogP contribution in [0.2, 0.25) is 0 Å². The average molecular weight is 328 g/mol. The van der Waals surface area contributed by atoms with Crippen LogP contribution in [0.15, 0.2) is 0 Å². The number of carboxylic acids is 1. The van der Waals surface area contributed by atoms with Gasteiger partial charge in [-0.15, -0.1) is 0 Å². The smallest absolute Gasteiger partial charge is 0.475 e. The molecule has 0 aliphatic carbocycles. The lowest BCUT2D eigenvalue weighted by Crippen LogP contribution is -2.50. The van der Waals surface area contributed by atoms with E-state index in [1.807, 2.05) is 20.8 Å². The van der Waals surface area contributed by atoms with Crippen molar-refractivity contribution in [3.8, 4) is 0 Å². The number of likely N-dealkylation sites (tertiary alicyclic amines) is 1. The molecule has 2 amide bonds. The van der Waals surface area contributed by atoms with Gasteiger partial charge in [0.2, 0.25) is 5.91 Å². The Bertz CT molecular complexity index is 425. The molecular weight excluding hydrogens is 309 g/mol. The van der Waals surface area contributed by atoms with Gasteiger partial charge in [0.05, 0.1) is 0 Å². The van der Waals surface area contributed by atoms with Gasteiger partial charge >= 0.3 is 12.1 Å². The van der Waals surface area contributed by atoms with Crippen LogP contribution < -0.4 is 5.48 Å². The highest BCUT2D eigenvalue weighted by atomic mass is 19.4. The molecule has 0 aromatic rings. The molecule has 1 aliphatic heterocycles. The molecule has 0 bridgehead atoms. The van der Waals surface area contributed by atoms with E-state index in [-0.39, 0.29) is 17.7 Å². The third kappa shape index (κ3) is 5.51. The van der Waals surface area contributed by atoms with E-state index in [1.54, 1.807) is 10.4 Å². The number of halogens is 3. The number of hydrogen-bond donors (Lipinski definition) is 3. The molecule has 1 rings (SSSR count). The van der Waals surface area contributed by atoms with Gasteiger partial charge in [-0.1, -0.05) is 20.8 Å². The maximum Gasteiger partial charge on any atom is 0.490 e. The number of carbonyl (C=O) groups is 3. The van der Waals surface area contributed by atoms with Crippen molar-refractivity contribution in [1.29, 1.82) is 0 Å². The first-order chi connectivity index (χ1) is 9.93. The zero-order valence-corrected chi connectivity index (χ0v) is 12.3. The SMILES string of the molecule is CC1CCN(C(C(=O)NO)C(C)C)C1=O.O=C(O)C(F)(F)F. The number of hydroxylamine groups is 1. The second kappa shape index (κ2) is 7.97. The molecule has 0 spiro atoms. The van der Waals surface area contributed by atoms with Crippen LogP contribution in [0.25, 0.3) is 0 Å². The minimum Gasteiger partial charge on any atom is -0.475 e. The van der Waals surface area contributed by atoms with E-state index < -0.39 is 24.1 Å². The van der Waals surface area contributed by atoms with E-state index >= 15 is 0 Å². The topological polar surface area (TPSA) is 107 Å². The molecule has 22 heavy (non-hydrogen) atoms. The molecular formula is C12H19F3N2O5. The molecule has 2 atom stereocenters. The number of nitrogens with zero attached hydrogens (tertiary/aromatic N) is 1. The molecule has 0 radical (unpaired) electrons. The molecule has 1 fully saturated rings. The second-order valence-electron chi connectivity index (χ2n) is 5.19. The predicted octanol–water partition coefficient (Wildman–Crippen LogP) is 1.02. The van der Waals surface area contributed by atoms with Crippen molar-refractivity contribution in [2.75, 3.05) is 6.54 Å². The number of hydrogen-bond acceptors (Lipinski definition) is 4. The van der Waals surface area contributed by atoms with Crippen LogP contribution in [0.3, 0.4) is 0 Å². The van der Waals surface area contributed by atoms with Crippen molar-refractivity contribution in [1.82, 2.24) is 10.4 Å². The largest absolute Gasteiger partial charge is 0.490 e. The predicted molar refractivity (Wildman–Crippen MR) is 67.7 cm³/mol. The quantitative estimate of drug-likeness (QED) is 0.530. The molecule has 0 saturated carbocycles. The molecule has 1 aliphatic rings. The van der Waals surface area contributed by atoms with Crippen molar-refractivity contribution in [3.05, 3.63) is 0 Å². The van der Waals surface area contributed by atoms with E-state index in [0.29, 0.717) is 6.54 Å². The summed E-state index contributed by atoms with van der Waals surface area (Å²) in [6.45, 7) is 6.17. The fourth-order valence-corrected chi connectivity index (χ4v) is 2.00. The highest BCUT2D eigenvalue weighted by Crippen LogP contribution is 2.23. The Morgan fingerprint density at radius 3 is 2.05 bits per heavy atom. The standard InChI is InChI=1S/C10H18N2O3.C2HF3O2/c1-6(2)8(9(13)11-15)12-5-4-7(3)10(12)14;3-2(4,5)1(6)7/h6-8,15H,4-5H2,1-3H3,(H,11,13);(H,6,7). The van der Waals surface area contributed by atoms with Gasteiger partial charge < -0.3 is 10.0 Å². The number of carbonyl (C=O) groups excluding carboxylic acids is 2. The van der Waals surface area contributed by atoms with Crippen LogP contribution in [0, 0.1) is 11.8 Å². The van der Waals surface area contributed by atoms with E-state index in [0.717, 1.165) is 6.42 Å². The maximum absolute atomic E-state index is 11.7. The summed E-state index contributed by atoms with van der Waals surface area (Å²) >= 11 is 0. The summed E-state index contributed by atoms with van der Waals surface area (Å²) in [5, 5.41) is 15.8. The fraction of sp³-hybridized carbons (Fsp3) is 0.750. The van der Waals surface area contributed by atoms with E-state index in [9.17, 15) is 22.8 Å². The Hall–Kier alpha value is -1.84. The summed E-state index contributed by atoms with van der Waals surface area (Å²) in [5.74, 6) is -3.29. The van der Waals surface area contributed by atoms with Crippen LogP contribution in [0.1, 0.15) is 27.2 Å². The lowest BCUT2D eigenvalue weighted by molar-refractivity contribution is -0.192. The minimum absolute atomic E-state index is 0.00250. The van der Waals surface area contributed by atoms with Crippen LogP contribution in [-0.4, -0.2) is 51.8 Å². The number of rotatable bonds is 3. The van der Waals surface area contributed by atoms with Crippen LogP contribution in [0.5, 0.6) is 0 Å². The van der Waals surface area contributed by atoms with E-state index in [1.165, 1.54) is 0 Å². The molecule has 0 aromatic heterocycles. The molecule has 1 heterocycles. The summed E-state index contributed by atoms with van der Waals surface area (Å²) in [6.07, 6.45) is -4.30. The van der Waals surface area contributed by atoms with Gasteiger partial charge in [-0.2, -0.15) is 13.2 Å². The van der Waals surface area contributed by atoms with Crippen molar-refractivity contribution >= 4 is 17.8 Å². The molecule has 10 heteroatoms. The monoisotopic (exact) mass is 328 g/mol. The lowest BCUT2D eigenvalue weighted by Gasteiger charge is -2.29. The van der Waals surface area contributed by atoms with Gasteiger partial charge in [-0.25, -0.2) is 10.3 Å². The highest BCUT2D eigenvalue weighted by Gasteiger charge is 2.39. The second-order valence-corrected chi connectivity index (χ2v) is 5.19. The van der Waals surface area contributed by atoms with Gasteiger partial charge in [0.25, 0.3) is 5.91 Å². The number of aliphatic carboxylic acids is 1. The normalized spacial score (nSPS) is 19.5. The number of alkyl halides is 3. The van der Waals surface area contributed by atoms with Crippen molar-refractivity contribution in [3.63, 3.8) is 0 Å². The van der Waals surface area contributed by atoms with Gasteiger partial charge in [-0.05, 0) is 12.3 Å². The fourth-order valence-electron chi connectivity index (χ4n) is 2.00. The van der Waals surface area contributed by atoms with Crippen molar-refractivity contribution in [2.24, 2.45) is 11.8 Å². The van der Waals surface area contributed by atoms with Gasteiger partial charge in [-0.3, -0.25) is 14.8 Å². The van der Waals surface area contributed by atoms with E-state index in [4.69, 9.17) is 15.1 Å². The van der Waals surface area contributed by atoms with Gasteiger partial charge in [0.15, 0.2) is 0 Å². The Morgan fingerprint density at radius 2 is 1.82 bits per heavy atom. The maximum atomic E-state index is 11.7. The van der Waals surface area contributed by atoms with Crippen LogP contribution in [-0.2, 0) is 14.4 Å². The molecule has 3 N–H and O–H groups in total. The average Bonchev–Trinajstić information content (AvgIpc) is 2.70. The highest BCUT2D eigenvalue weighted by molar-refractivity contribution is 5.89. The summed E-state index contributed by atoms with van der Waals surface area (Å²) < 4.78 is 31.7. The first-order valence-corrected chi connectivity index (χ1v) is 6.48. The summed E-state index contributed by atoms with van der Waals surface area (Å²) in [5.41, 5.74) is 1.63. The molecule has 7 nitrogen and oxygen atoms in total. The van der Waals surface area contributed by atoms with Crippen LogP contribution in [0.4, 0.5) is 13.2 Å². The zero-order valence-electron chi connectivity index (χ0n) is 12.3. The Morgan fingerprint density at radius 1 is 1.36 bits per heavy atom. The first kappa shape index (κ1) is 20.2. The third-order valence-electron chi connectivity index (χ3n) is 3.10. The Balaban J connectivity index is 0.000000534. The molecule has 0 aromatic carbocycles. The molecule has 1 saturated heterocycles. The third-order valence-corrected chi connectivity index (χ3v) is 3.10. The molecule has 2 unspecified atom stereocenters. The zero-order chi connectivity index (χ0) is 17.7. The van der Waals surface area contributed by atoms with E-state index in [2.05, 4.69) is 0 Å².